The Labute approximate surface area is 142 Å². The smallest absolute Gasteiger partial charge is 0.327 e. The summed E-state index contributed by atoms with van der Waals surface area (Å²) in [7, 11) is 3.84. The van der Waals surface area contributed by atoms with Crippen molar-refractivity contribution in [1.29, 1.82) is 0 Å². The van der Waals surface area contributed by atoms with E-state index in [1.54, 1.807) is 12.1 Å². The van der Waals surface area contributed by atoms with Crippen LogP contribution in [-0.4, -0.2) is 37.3 Å². The van der Waals surface area contributed by atoms with Gasteiger partial charge in [0.1, 0.15) is 11.3 Å². The number of anilines is 1. The maximum atomic E-state index is 12.5. The summed E-state index contributed by atoms with van der Waals surface area (Å²) in [4.78, 5) is 23.3. The van der Waals surface area contributed by atoms with Crippen molar-refractivity contribution in [1.82, 2.24) is 0 Å². The van der Waals surface area contributed by atoms with Gasteiger partial charge in [-0.15, -0.1) is 0 Å². The molecule has 0 aliphatic rings. The van der Waals surface area contributed by atoms with Gasteiger partial charge in [0.15, 0.2) is 5.75 Å². The number of nitrogens with zero attached hydrogens (tertiary/aromatic N) is 1. The largest absolute Gasteiger partial charge is 0.506 e. The summed E-state index contributed by atoms with van der Waals surface area (Å²) in [6, 6.07) is 7.18. The van der Waals surface area contributed by atoms with E-state index < -0.39 is 16.5 Å². The maximum Gasteiger partial charge on any atom is 0.327 e. The number of ether oxygens (including phenoxy) is 3. The van der Waals surface area contributed by atoms with Crippen molar-refractivity contribution in [2.24, 2.45) is 0 Å². The van der Waals surface area contributed by atoms with Crippen LogP contribution in [0.25, 0.3) is 0 Å². The van der Waals surface area contributed by atoms with Crippen molar-refractivity contribution in [2.45, 2.75) is 0 Å². The Hall–Kier alpha value is -3.49. The first-order chi connectivity index (χ1) is 11.9. The van der Waals surface area contributed by atoms with E-state index in [1.165, 1.54) is 39.5 Å². The Morgan fingerprint density at radius 3 is 2.28 bits per heavy atom. The maximum absolute atomic E-state index is 12.5. The summed E-state index contributed by atoms with van der Waals surface area (Å²) in [5.41, 5.74) is -0.772. The van der Waals surface area contributed by atoms with Crippen LogP contribution in [0, 0.1) is 10.1 Å². The lowest BCUT2D eigenvalue weighted by atomic mass is 10.1. The van der Waals surface area contributed by atoms with Gasteiger partial charge in [-0.25, -0.2) is 0 Å². The molecule has 0 saturated carbocycles. The molecule has 1 amide bonds. The van der Waals surface area contributed by atoms with E-state index in [4.69, 9.17) is 14.2 Å². The molecule has 9 heteroatoms. The van der Waals surface area contributed by atoms with Gasteiger partial charge in [0.2, 0.25) is 11.5 Å². The second-order valence-electron chi connectivity index (χ2n) is 4.77. The van der Waals surface area contributed by atoms with Crippen molar-refractivity contribution < 1.29 is 29.0 Å². The molecule has 0 radical (unpaired) electrons. The van der Waals surface area contributed by atoms with Gasteiger partial charge in [0.05, 0.1) is 31.9 Å². The van der Waals surface area contributed by atoms with Crippen molar-refractivity contribution in [2.75, 3.05) is 26.6 Å². The lowest BCUT2D eigenvalue weighted by Crippen LogP contribution is -2.15. The average Bonchev–Trinajstić information content (AvgIpc) is 2.61. The zero-order chi connectivity index (χ0) is 18.6. The molecule has 0 fully saturated rings. The number of nitrogens with one attached hydrogen (secondary N) is 1. The van der Waals surface area contributed by atoms with Gasteiger partial charge in [0, 0.05) is 6.07 Å². The number of phenolic OH excluding ortho intramolecular Hbond substituents is 1. The van der Waals surface area contributed by atoms with Crippen molar-refractivity contribution in [3.05, 3.63) is 46.0 Å². The second-order valence-corrected chi connectivity index (χ2v) is 4.77. The highest BCUT2D eigenvalue weighted by Crippen LogP contribution is 2.46. The standard InChI is InChI=1S/C16H16N2O7/c1-23-12-8-9(13(18(21)22)15(25-3)14(12)24-2)16(20)17-10-6-4-5-7-11(10)19/h4-8,19H,1-3H3,(H,17,20). The second kappa shape index (κ2) is 7.39. The van der Waals surface area contributed by atoms with Crippen molar-refractivity contribution in [3.8, 4) is 23.0 Å². The highest BCUT2D eigenvalue weighted by atomic mass is 16.6. The lowest BCUT2D eigenvalue weighted by Gasteiger charge is -2.15. The zero-order valence-electron chi connectivity index (χ0n) is 13.7. The van der Waals surface area contributed by atoms with Crippen LogP contribution in [0.4, 0.5) is 11.4 Å². The quantitative estimate of drug-likeness (QED) is 0.467. The first-order valence-corrected chi connectivity index (χ1v) is 7.01. The molecule has 2 rings (SSSR count). The van der Waals surface area contributed by atoms with E-state index in [1.807, 2.05) is 0 Å². The van der Waals surface area contributed by atoms with Crippen LogP contribution in [0.3, 0.4) is 0 Å². The summed E-state index contributed by atoms with van der Waals surface area (Å²) in [5.74, 6) is -1.14. The molecule has 2 aromatic carbocycles. The van der Waals surface area contributed by atoms with Gasteiger partial charge in [-0.05, 0) is 12.1 Å². The van der Waals surface area contributed by atoms with E-state index in [9.17, 15) is 20.0 Å². The summed E-state index contributed by atoms with van der Waals surface area (Å²) in [5, 5.41) is 23.7. The number of carbonyl (C=O) groups is 1. The number of nitro groups is 1. The minimum Gasteiger partial charge on any atom is -0.506 e. The number of hydrogen-bond donors (Lipinski definition) is 2. The van der Waals surface area contributed by atoms with Crippen LogP contribution in [0.15, 0.2) is 30.3 Å². The van der Waals surface area contributed by atoms with E-state index >= 15 is 0 Å². The number of nitro benzene ring substituents is 1. The number of hydrogen-bond acceptors (Lipinski definition) is 7. The summed E-state index contributed by atoms with van der Waals surface area (Å²) < 4.78 is 15.3. The number of rotatable bonds is 6. The Morgan fingerprint density at radius 1 is 1.12 bits per heavy atom. The highest BCUT2D eigenvalue weighted by molar-refractivity contribution is 6.09. The Bertz CT molecular complexity index is 820. The van der Waals surface area contributed by atoms with E-state index in [-0.39, 0.29) is 34.2 Å². The van der Waals surface area contributed by atoms with Crippen molar-refractivity contribution >= 4 is 17.3 Å². The molecule has 25 heavy (non-hydrogen) atoms. The third-order valence-electron chi connectivity index (χ3n) is 3.38. The number of methoxy groups -OCH3 is 3. The SMILES string of the molecule is COc1cc(C(=O)Nc2ccccc2O)c([N+](=O)[O-])c(OC)c1OC. The number of aromatic hydroxyl groups is 1. The topological polar surface area (TPSA) is 120 Å². The molecule has 0 saturated heterocycles. The molecule has 2 N–H and O–H groups in total. The fraction of sp³-hybridized carbons (Fsp3) is 0.188. The highest BCUT2D eigenvalue weighted by Gasteiger charge is 2.32. The molecule has 0 heterocycles. The van der Waals surface area contributed by atoms with Gasteiger partial charge in [0.25, 0.3) is 5.91 Å². The molecule has 132 valence electrons. The van der Waals surface area contributed by atoms with Crippen LogP contribution in [-0.2, 0) is 0 Å². The molecule has 0 bridgehead atoms. The van der Waals surface area contributed by atoms with Crippen LogP contribution >= 0.6 is 0 Å². The average molecular weight is 348 g/mol. The fourth-order valence-corrected chi connectivity index (χ4v) is 2.26. The number of phenols is 1. The van der Waals surface area contributed by atoms with Crippen LogP contribution in [0.2, 0.25) is 0 Å². The molecule has 0 aliphatic carbocycles. The first kappa shape index (κ1) is 17.9. The van der Waals surface area contributed by atoms with E-state index in [2.05, 4.69) is 5.32 Å². The van der Waals surface area contributed by atoms with Gasteiger partial charge < -0.3 is 24.6 Å². The molecule has 0 aliphatic heterocycles. The van der Waals surface area contributed by atoms with Crippen molar-refractivity contribution in [3.63, 3.8) is 0 Å². The summed E-state index contributed by atoms with van der Waals surface area (Å²) in [6.45, 7) is 0. The molecular formula is C16H16N2O7. The summed E-state index contributed by atoms with van der Waals surface area (Å²) >= 11 is 0. The Balaban J connectivity index is 2.61. The van der Waals surface area contributed by atoms with Crippen LogP contribution in [0.5, 0.6) is 23.0 Å². The van der Waals surface area contributed by atoms with Gasteiger partial charge in [-0.1, -0.05) is 12.1 Å². The number of carbonyl (C=O) groups excluding carboxylic acids is 1. The van der Waals surface area contributed by atoms with E-state index in [0.717, 1.165) is 0 Å². The molecular weight excluding hydrogens is 332 g/mol. The molecule has 0 spiro atoms. The number of benzene rings is 2. The minimum atomic E-state index is -0.813. The van der Waals surface area contributed by atoms with Gasteiger partial charge in [-0.3, -0.25) is 14.9 Å². The first-order valence-electron chi connectivity index (χ1n) is 7.01. The molecule has 9 nitrogen and oxygen atoms in total. The normalized spacial score (nSPS) is 10.0. The molecule has 2 aromatic rings. The zero-order valence-corrected chi connectivity index (χ0v) is 13.7. The van der Waals surface area contributed by atoms with E-state index in [0.29, 0.717) is 0 Å². The Kier molecular flexibility index (Phi) is 5.28. The minimum absolute atomic E-state index is 0.00388. The predicted molar refractivity (Wildman–Crippen MR) is 88.8 cm³/mol. The number of amides is 1. The predicted octanol–water partition coefficient (Wildman–Crippen LogP) is 2.58. The lowest BCUT2D eigenvalue weighted by molar-refractivity contribution is -0.386. The van der Waals surface area contributed by atoms with Gasteiger partial charge >= 0.3 is 5.69 Å². The van der Waals surface area contributed by atoms with Crippen LogP contribution in [0.1, 0.15) is 10.4 Å². The molecule has 0 atom stereocenters. The third-order valence-corrected chi connectivity index (χ3v) is 3.38. The third kappa shape index (κ3) is 3.39. The monoisotopic (exact) mass is 348 g/mol. The molecule has 0 unspecified atom stereocenters. The summed E-state index contributed by atoms with van der Waals surface area (Å²) in [6.07, 6.45) is 0. The Morgan fingerprint density at radius 2 is 1.76 bits per heavy atom. The fourth-order valence-electron chi connectivity index (χ4n) is 2.26. The van der Waals surface area contributed by atoms with Gasteiger partial charge in [-0.2, -0.15) is 0 Å². The molecule has 0 aromatic heterocycles. The van der Waals surface area contributed by atoms with Crippen LogP contribution < -0.4 is 19.5 Å². The number of para-hydroxylation sites is 2.